The van der Waals surface area contributed by atoms with Crippen molar-refractivity contribution in [1.29, 1.82) is 0 Å². The summed E-state index contributed by atoms with van der Waals surface area (Å²) in [7, 11) is 0. The summed E-state index contributed by atoms with van der Waals surface area (Å²) in [4.78, 5) is 21.1. The number of nitrogens with one attached hydrogen (secondary N) is 1. The maximum Gasteiger partial charge on any atom is 0.352 e. The first-order valence-electron chi connectivity index (χ1n) is 4.19. The third-order valence-electron chi connectivity index (χ3n) is 1.60. The van der Waals surface area contributed by atoms with Gasteiger partial charge in [-0.3, -0.25) is 0 Å². The molecular weight excluding hydrogens is 278 g/mol. The van der Waals surface area contributed by atoms with Gasteiger partial charge in [-0.15, -0.1) is 0 Å². The molecule has 0 aliphatic rings. The van der Waals surface area contributed by atoms with Crippen molar-refractivity contribution in [3.8, 4) is 0 Å². The van der Waals surface area contributed by atoms with E-state index >= 15 is 0 Å². The third kappa shape index (κ3) is 3.74. The van der Waals surface area contributed by atoms with Crippen molar-refractivity contribution >= 4 is 33.6 Å². The second-order valence-electron chi connectivity index (χ2n) is 2.84. The van der Waals surface area contributed by atoms with E-state index in [4.69, 9.17) is 10.2 Å². The Bertz CT molecular complexity index is 456. The lowest BCUT2D eigenvalue weighted by Gasteiger charge is -2.06. The fourth-order valence-electron chi connectivity index (χ4n) is 0.997. The van der Waals surface area contributed by atoms with Gasteiger partial charge in [-0.05, 0) is 18.2 Å². The first-order valence-corrected chi connectivity index (χ1v) is 4.99. The molecular formula is C10H8BrNO4. The van der Waals surface area contributed by atoms with Gasteiger partial charge in [0.25, 0.3) is 0 Å². The van der Waals surface area contributed by atoms with Crippen LogP contribution in [0, 0.1) is 0 Å². The Hall–Kier alpha value is -1.82. The van der Waals surface area contributed by atoms with Gasteiger partial charge >= 0.3 is 11.9 Å². The summed E-state index contributed by atoms with van der Waals surface area (Å²) >= 11 is 3.22. The van der Waals surface area contributed by atoms with Crippen molar-refractivity contribution in [1.82, 2.24) is 0 Å². The molecule has 0 saturated heterocycles. The number of carboxylic acids is 2. The van der Waals surface area contributed by atoms with Gasteiger partial charge in [0, 0.05) is 10.2 Å². The molecule has 5 nitrogen and oxygen atoms in total. The standard InChI is InChI=1S/C10H8BrNO4/c11-6-2-1-3-7(4-6)12-8(10(15)16)5-9(13)14/h1-5,12H,(H,13,14)(H,15,16)/b8-5+. The largest absolute Gasteiger partial charge is 0.478 e. The predicted octanol–water partition coefficient (Wildman–Crippen LogP) is 1.91. The molecule has 3 N–H and O–H groups in total. The molecule has 0 unspecified atom stereocenters. The first-order chi connectivity index (χ1) is 7.49. The minimum atomic E-state index is -1.33. The van der Waals surface area contributed by atoms with E-state index in [1.165, 1.54) is 0 Å². The quantitative estimate of drug-likeness (QED) is 0.736. The average Bonchev–Trinajstić information content (AvgIpc) is 2.15. The zero-order valence-corrected chi connectivity index (χ0v) is 9.56. The lowest BCUT2D eigenvalue weighted by Crippen LogP contribution is -2.12. The number of benzene rings is 1. The number of hydrogen-bond donors (Lipinski definition) is 3. The van der Waals surface area contributed by atoms with E-state index in [9.17, 15) is 9.59 Å². The number of aliphatic carboxylic acids is 2. The van der Waals surface area contributed by atoms with Gasteiger partial charge in [-0.2, -0.15) is 0 Å². The molecule has 1 aromatic rings. The number of rotatable bonds is 4. The van der Waals surface area contributed by atoms with E-state index in [0.29, 0.717) is 11.8 Å². The van der Waals surface area contributed by atoms with Crippen LogP contribution < -0.4 is 5.32 Å². The highest BCUT2D eigenvalue weighted by molar-refractivity contribution is 9.10. The molecule has 0 aliphatic carbocycles. The molecule has 0 aromatic heterocycles. The van der Waals surface area contributed by atoms with Gasteiger partial charge in [-0.1, -0.05) is 22.0 Å². The van der Waals surface area contributed by atoms with Crippen LogP contribution in [0.15, 0.2) is 40.5 Å². The molecule has 16 heavy (non-hydrogen) atoms. The van der Waals surface area contributed by atoms with Crippen molar-refractivity contribution in [2.24, 2.45) is 0 Å². The smallest absolute Gasteiger partial charge is 0.352 e. The first kappa shape index (κ1) is 12.3. The number of hydrogen-bond acceptors (Lipinski definition) is 3. The molecule has 84 valence electrons. The molecule has 0 atom stereocenters. The van der Waals surface area contributed by atoms with Crippen LogP contribution in [0.4, 0.5) is 5.69 Å². The minimum absolute atomic E-state index is 0.398. The third-order valence-corrected chi connectivity index (χ3v) is 2.10. The normalized spacial score (nSPS) is 10.9. The number of halogens is 1. The van der Waals surface area contributed by atoms with Crippen LogP contribution in [0.3, 0.4) is 0 Å². The molecule has 0 spiro atoms. The Balaban J connectivity index is 2.93. The molecule has 1 rings (SSSR count). The Labute approximate surface area is 99.5 Å². The molecule has 0 aliphatic heterocycles. The van der Waals surface area contributed by atoms with Crippen LogP contribution >= 0.6 is 15.9 Å². The maximum atomic E-state index is 10.7. The highest BCUT2D eigenvalue weighted by atomic mass is 79.9. The van der Waals surface area contributed by atoms with E-state index in [-0.39, 0.29) is 0 Å². The zero-order chi connectivity index (χ0) is 12.1. The Kier molecular flexibility index (Phi) is 4.07. The summed E-state index contributed by atoms with van der Waals surface area (Å²) in [6.45, 7) is 0. The van der Waals surface area contributed by atoms with Gasteiger partial charge < -0.3 is 15.5 Å². The lowest BCUT2D eigenvalue weighted by molar-refractivity contribution is -0.134. The molecule has 0 radical (unpaired) electrons. The molecule has 0 amide bonds. The van der Waals surface area contributed by atoms with Crippen molar-refractivity contribution < 1.29 is 19.8 Å². The molecule has 0 bridgehead atoms. The van der Waals surface area contributed by atoms with Crippen LogP contribution in [-0.2, 0) is 9.59 Å². The van der Waals surface area contributed by atoms with E-state index in [0.717, 1.165) is 4.47 Å². The van der Waals surface area contributed by atoms with E-state index < -0.39 is 17.6 Å². The Morgan fingerprint density at radius 3 is 2.50 bits per heavy atom. The minimum Gasteiger partial charge on any atom is -0.478 e. The van der Waals surface area contributed by atoms with Crippen LogP contribution in [0.2, 0.25) is 0 Å². The average molecular weight is 286 g/mol. The number of carbonyl (C=O) groups is 2. The number of carboxylic acid groups (broad SMARTS) is 2. The van der Waals surface area contributed by atoms with E-state index in [1.54, 1.807) is 24.3 Å². The predicted molar refractivity (Wildman–Crippen MR) is 61.1 cm³/mol. The Morgan fingerprint density at radius 2 is 2.00 bits per heavy atom. The zero-order valence-electron chi connectivity index (χ0n) is 7.98. The van der Waals surface area contributed by atoms with Crippen molar-refractivity contribution in [2.45, 2.75) is 0 Å². The summed E-state index contributed by atoms with van der Waals surface area (Å²) in [6.07, 6.45) is 0.600. The SMILES string of the molecule is O=C(O)/C=C(/Nc1cccc(Br)c1)C(=O)O. The summed E-state index contributed by atoms with van der Waals surface area (Å²) in [5.74, 6) is -2.65. The van der Waals surface area contributed by atoms with Crippen molar-refractivity contribution in [3.63, 3.8) is 0 Å². The molecule has 6 heteroatoms. The Morgan fingerprint density at radius 1 is 1.31 bits per heavy atom. The topological polar surface area (TPSA) is 86.6 Å². The molecule has 1 aromatic carbocycles. The van der Waals surface area contributed by atoms with Crippen molar-refractivity contribution in [2.75, 3.05) is 5.32 Å². The summed E-state index contributed by atoms with van der Waals surface area (Å²) in [5, 5.41) is 19.7. The molecule has 0 fully saturated rings. The molecule has 0 heterocycles. The van der Waals surface area contributed by atoms with Crippen LogP contribution in [0.5, 0.6) is 0 Å². The van der Waals surface area contributed by atoms with Crippen LogP contribution in [0.25, 0.3) is 0 Å². The fourth-order valence-corrected chi connectivity index (χ4v) is 1.40. The summed E-state index contributed by atoms with van der Waals surface area (Å²) in [5.41, 5.74) is 0.0925. The fraction of sp³-hybridized carbons (Fsp3) is 0. The second-order valence-corrected chi connectivity index (χ2v) is 3.75. The monoisotopic (exact) mass is 285 g/mol. The maximum absolute atomic E-state index is 10.7. The van der Waals surface area contributed by atoms with Crippen LogP contribution in [-0.4, -0.2) is 22.2 Å². The van der Waals surface area contributed by atoms with E-state index in [1.807, 2.05) is 0 Å². The van der Waals surface area contributed by atoms with Gasteiger partial charge in [0.1, 0.15) is 5.70 Å². The van der Waals surface area contributed by atoms with Gasteiger partial charge in [0.05, 0.1) is 6.08 Å². The van der Waals surface area contributed by atoms with Gasteiger partial charge in [0.2, 0.25) is 0 Å². The summed E-state index contributed by atoms with van der Waals surface area (Å²) < 4.78 is 0.762. The van der Waals surface area contributed by atoms with Gasteiger partial charge in [0.15, 0.2) is 0 Å². The summed E-state index contributed by atoms with van der Waals surface area (Å²) in [6, 6.07) is 6.74. The van der Waals surface area contributed by atoms with E-state index in [2.05, 4.69) is 21.2 Å². The lowest BCUT2D eigenvalue weighted by atomic mass is 10.3. The highest BCUT2D eigenvalue weighted by Crippen LogP contribution is 2.17. The number of anilines is 1. The second kappa shape index (κ2) is 5.32. The van der Waals surface area contributed by atoms with Crippen LogP contribution in [0.1, 0.15) is 0 Å². The highest BCUT2D eigenvalue weighted by Gasteiger charge is 2.09. The van der Waals surface area contributed by atoms with Crippen molar-refractivity contribution in [3.05, 3.63) is 40.5 Å². The van der Waals surface area contributed by atoms with Gasteiger partial charge in [-0.25, -0.2) is 9.59 Å². The molecule has 0 saturated carbocycles.